The number of carbonyl (C=O) groups is 1. The van der Waals surface area contributed by atoms with E-state index in [0.717, 1.165) is 11.3 Å². The van der Waals surface area contributed by atoms with Crippen LogP contribution in [0.1, 0.15) is 29.9 Å². The molecule has 1 aliphatic rings. The largest absolute Gasteiger partial charge is 0.481 e. The molecule has 2 aromatic rings. The maximum atomic E-state index is 12.8. The molecule has 1 amide bonds. The lowest BCUT2D eigenvalue weighted by molar-refractivity contribution is -0.132. The average molecular weight is 345 g/mol. The summed E-state index contributed by atoms with van der Waals surface area (Å²) in [5.41, 5.74) is 1.67. The van der Waals surface area contributed by atoms with E-state index in [1.807, 2.05) is 25.7 Å². The minimum absolute atomic E-state index is 0.0978. The zero-order chi connectivity index (χ0) is 18.0. The van der Waals surface area contributed by atoms with Gasteiger partial charge in [0.15, 0.2) is 0 Å². The molecule has 8 nitrogen and oxygen atoms in total. The van der Waals surface area contributed by atoms with Crippen molar-refractivity contribution >= 4 is 11.9 Å². The molecule has 1 fully saturated rings. The van der Waals surface area contributed by atoms with E-state index in [4.69, 9.17) is 9.26 Å². The summed E-state index contributed by atoms with van der Waals surface area (Å²) in [6, 6.07) is 1.72. The van der Waals surface area contributed by atoms with Crippen LogP contribution in [-0.2, 0) is 4.79 Å². The van der Waals surface area contributed by atoms with Gasteiger partial charge in [0.25, 0.3) is 0 Å². The zero-order valence-electron chi connectivity index (χ0n) is 15.0. The molecule has 3 rings (SSSR count). The second kappa shape index (κ2) is 7.08. The number of aromatic nitrogens is 3. The minimum Gasteiger partial charge on any atom is -0.481 e. The molecular formula is C17H23N5O3. The number of amides is 1. The van der Waals surface area contributed by atoms with E-state index in [0.29, 0.717) is 43.8 Å². The van der Waals surface area contributed by atoms with Gasteiger partial charge < -0.3 is 19.1 Å². The van der Waals surface area contributed by atoms with Crippen molar-refractivity contribution in [3.05, 3.63) is 29.3 Å². The van der Waals surface area contributed by atoms with Gasteiger partial charge in [0.1, 0.15) is 5.76 Å². The first kappa shape index (κ1) is 17.2. The van der Waals surface area contributed by atoms with Crippen LogP contribution in [0, 0.1) is 13.8 Å². The van der Waals surface area contributed by atoms with Gasteiger partial charge in [-0.2, -0.15) is 4.98 Å². The van der Waals surface area contributed by atoms with E-state index in [2.05, 4.69) is 20.0 Å². The summed E-state index contributed by atoms with van der Waals surface area (Å²) in [6.45, 7) is 8.26. The summed E-state index contributed by atoms with van der Waals surface area (Å²) in [4.78, 5) is 25.4. The minimum atomic E-state index is -0.258. The third-order valence-electron chi connectivity index (χ3n) is 4.59. The standard InChI is InChI=1S/C17H23N5O3/c1-11(15-12(2)20-25-13(15)3)16(23)21-7-9-22(10-8-21)17-18-6-5-14(19-17)24-4/h5-6,11H,7-10H2,1-4H3/t11-/m0/s1. The van der Waals surface area contributed by atoms with Gasteiger partial charge >= 0.3 is 0 Å². The quantitative estimate of drug-likeness (QED) is 0.831. The summed E-state index contributed by atoms with van der Waals surface area (Å²) < 4.78 is 10.3. The molecular weight excluding hydrogens is 322 g/mol. The van der Waals surface area contributed by atoms with E-state index < -0.39 is 0 Å². The fraction of sp³-hybridized carbons (Fsp3) is 0.529. The molecule has 1 saturated heterocycles. The van der Waals surface area contributed by atoms with E-state index in [9.17, 15) is 4.79 Å². The summed E-state index contributed by atoms with van der Waals surface area (Å²) >= 11 is 0. The third-order valence-corrected chi connectivity index (χ3v) is 4.59. The predicted octanol–water partition coefficient (Wildman–Crippen LogP) is 1.54. The summed E-state index contributed by atoms with van der Waals surface area (Å²) in [6.07, 6.45) is 1.68. The van der Waals surface area contributed by atoms with E-state index >= 15 is 0 Å². The van der Waals surface area contributed by atoms with Gasteiger partial charge in [-0.15, -0.1) is 0 Å². The molecule has 3 heterocycles. The lowest BCUT2D eigenvalue weighted by Crippen LogP contribution is -2.50. The molecule has 0 radical (unpaired) electrons. The Balaban J connectivity index is 1.64. The Bertz CT molecular complexity index is 733. The smallest absolute Gasteiger partial charge is 0.230 e. The van der Waals surface area contributed by atoms with Crippen LogP contribution in [0.15, 0.2) is 16.8 Å². The van der Waals surface area contributed by atoms with E-state index in [-0.39, 0.29) is 11.8 Å². The molecule has 0 aliphatic carbocycles. The second-order valence-electron chi connectivity index (χ2n) is 6.17. The Morgan fingerprint density at radius 2 is 2.00 bits per heavy atom. The Morgan fingerprint density at radius 1 is 1.28 bits per heavy atom. The van der Waals surface area contributed by atoms with Crippen molar-refractivity contribution in [2.75, 3.05) is 38.2 Å². The predicted molar refractivity (Wildman–Crippen MR) is 91.8 cm³/mol. The Morgan fingerprint density at radius 3 is 2.60 bits per heavy atom. The highest BCUT2D eigenvalue weighted by molar-refractivity contribution is 5.84. The molecule has 1 atom stereocenters. The van der Waals surface area contributed by atoms with E-state index in [1.165, 1.54) is 0 Å². The molecule has 25 heavy (non-hydrogen) atoms. The van der Waals surface area contributed by atoms with Crippen LogP contribution >= 0.6 is 0 Å². The molecule has 0 bridgehead atoms. The Hall–Kier alpha value is -2.64. The molecule has 0 N–H and O–H groups in total. The normalized spacial score (nSPS) is 16.0. The highest BCUT2D eigenvalue weighted by Crippen LogP contribution is 2.25. The van der Waals surface area contributed by atoms with Gasteiger partial charge in [-0.25, -0.2) is 4.98 Å². The monoisotopic (exact) mass is 345 g/mol. The number of rotatable bonds is 4. The van der Waals surface area contributed by atoms with Crippen LogP contribution in [-0.4, -0.2) is 59.2 Å². The number of nitrogens with zero attached hydrogens (tertiary/aromatic N) is 5. The fourth-order valence-electron chi connectivity index (χ4n) is 3.23. The molecule has 0 unspecified atom stereocenters. The average Bonchev–Trinajstić information content (AvgIpc) is 2.99. The van der Waals surface area contributed by atoms with Gasteiger partial charge in [-0.05, 0) is 20.8 Å². The summed E-state index contributed by atoms with van der Waals surface area (Å²) in [5, 5.41) is 3.95. The van der Waals surface area contributed by atoms with Crippen molar-refractivity contribution in [2.45, 2.75) is 26.7 Å². The molecule has 2 aromatic heterocycles. The number of anilines is 1. The van der Waals surface area contributed by atoms with Crippen LogP contribution in [0.2, 0.25) is 0 Å². The fourth-order valence-corrected chi connectivity index (χ4v) is 3.23. The van der Waals surface area contributed by atoms with Crippen molar-refractivity contribution in [1.29, 1.82) is 0 Å². The number of hydrogen-bond acceptors (Lipinski definition) is 7. The van der Waals surface area contributed by atoms with Crippen LogP contribution in [0.3, 0.4) is 0 Å². The number of aryl methyl sites for hydroxylation is 2. The first-order valence-electron chi connectivity index (χ1n) is 8.34. The maximum Gasteiger partial charge on any atom is 0.230 e. The molecule has 1 aliphatic heterocycles. The van der Waals surface area contributed by atoms with Gasteiger partial charge in [0.05, 0.1) is 18.7 Å². The number of piperazine rings is 1. The summed E-state index contributed by atoms with van der Waals surface area (Å²) in [7, 11) is 1.58. The lowest BCUT2D eigenvalue weighted by Gasteiger charge is -2.36. The van der Waals surface area contributed by atoms with Gasteiger partial charge in [-0.3, -0.25) is 4.79 Å². The molecule has 134 valence electrons. The van der Waals surface area contributed by atoms with Gasteiger partial charge in [0, 0.05) is 44.0 Å². The molecule has 0 saturated carbocycles. The first-order chi connectivity index (χ1) is 12.0. The van der Waals surface area contributed by atoms with Crippen molar-refractivity contribution < 1.29 is 14.1 Å². The topological polar surface area (TPSA) is 84.6 Å². The number of ether oxygens (including phenoxy) is 1. The Kier molecular flexibility index (Phi) is 4.87. The molecule has 0 spiro atoms. The van der Waals surface area contributed by atoms with Crippen LogP contribution in [0.5, 0.6) is 5.88 Å². The first-order valence-corrected chi connectivity index (χ1v) is 8.34. The van der Waals surface area contributed by atoms with Gasteiger partial charge in [0.2, 0.25) is 17.7 Å². The molecule has 0 aromatic carbocycles. The number of hydrogen-bond donors (Lipinski definition) is 0. The second-order valence-corrected chi connectivity index (χ2v) is 6.17. The maximum absolute atomic E-state index is 12.8. The van der Waals surface area contributed by atoms with Crippen molar-refractivity contribution in [2.24, 2.45) is 0 Å². The third kappa shape index (κ3) is 3.42. The number of methoxy groups -OCH3 is 1. The lowest BCUT2D eigenvalue weighted by atomic mass is 9.97. The van der Waals surface area contributed by atoms with Crippen molar-refractivity contribution in [3.8, 4) is 5.88 Å². The summed E-state index contributed by atoms with van der Waals surface area (Å²) in [5.74, 6) is 1.72. The highest BCUT2D eigenvalue weighted by Gasteiger charge is 2.29. The van der Waals surface area contributed by atoms with Crippen LogP contribution in [0.4, 0.5) is 5.95 Å². The van der Waals surface area contributed by atoms with Crippen LogP contribution in [0.25, 0.3) is 0 Å². The highest BCUT2D eigenvalue weighted by atomic mass is 16.5. The Labute approximate surface area is 146 Å². The molecule has 8 heteroatoms. The van der Waals surface area contributed by atoms with Crippen molar-refractivity contribution in [3.63, 3.8) is 0 Å². The SMILES string of the molecule is COc1ccnc(N2CCN(C(=O)[C@@H](C)c3c(C)noc3C)CC2)n1. The van der Waals surface area contributed by atoms with Gasteiger partial charge in [-0.1, -0.05) is 5.16 Å². The zero-order valence-corrected chi connectivity index (χ0v) is 15.0. The number of carbonyl (C=O) groups excluding carboxylic acids is 1. The van der Waals surface area contributed by atoms with E-state index in [1.54, 1.807) is 19.4 Å². The van der Waals surface area contributed by atoms with Crippen LogP contribution < -0.4 is 9.64 Å². The van der Waals surface area contributed by atoms with Crippen molar-refractivity contribution in [1.82, 2.24) is 20.0 Å².